The smallest absolute Gasteiger partial charge is 0.450 e. The van der Waals surface area contributed by atoms with E-state index in [0.717, 1.165) is 24.8 Å². The Morgan fingerprint density at radius 3 is 2.38 bits per heavy atom. The summed E-state index contributed by atoms with van der Waals surface area (Å²) in [5, 5.41) is 8.67. The summed E-state index contributed by atoms with van der Waals surface area (Å²) in [6.45, 7) is 6.49. The number of ether oxygens (including phenoxy) is 1. The summed E-state index contributed by atoms with van der Waals surface area (Å²) in [6.07, 6.45) is 1.75. The average molecular weight is 288 g/mol. The summed E-state index contributed by atoms with van der Waals surface area (Å²) < 4.78 is 4.71. The Morgan fingerprint density at radius 2 is 1.86 bits per heavy atom. The summed E-state index contributed by atoms with van der Waals surface area (Å²) in [5.41, 5.74) is 2.26. The second-order valence-electron chi connectivity index (χ2n) is 5.38. The van der Waals surface area contributed by atoms with E-state index in [4.69, 9.17) is 9.84 Å². The maximum Gasteiger partial charge on any atom is 0.505 e. The van der Waals surface area contributed by atoms with Gasteiger partial charge in [0.1, 0.15) is 6.61 Å². The number of rotatable bonds is 6. The van der Waals surface area contributed by atoms with Gasteiger partial charge in [0.25, 0.3) is 0 Å². The zero-order valence-electron chi connectivity index (χ0n) is 13.1. The van der Waals surface area contributed by atoms with E-state index in [0.29, 0.717) is 5.92 Å². The van der Waals surface area contributed by atoms with Gasteiger partial charge in [0.15, 0.2) is 0 Å². The van der Waals surface area contributed by atoms with Crippen LogP contribution < -0.4 is 0 Å². The molecule has 1 N–H and O–H groups in total. The van der Waals surface area contributed by atoms with Crippen LogP contribution >= 0.6 is 0 Å². The fraction of sp³-hybridized carbons (Fsp3) is 0.500. The molecule has 3 nitrogen and oxygen atoms in total. The summed E-state index contributed by atoms with van der Waals surface area (Å²) in [5.74, 6) is 6.54. The molecule has 0 aliphatic carbocycles. The fourth-order valence-electron chi connectivity index (χ4n) is 1.95. The second-order valence-corrected chi connectivity index (χ2v) is 5.38. The number of hydrogen-bond acceptors (Lipinski definition) is 2. The molecule has 1 unspecified atom stereocenters. The number of benzene rings is 1. The molecule has 0 fully saturated rings. The molecule has 0 aliphatic heterocycles. The lowest BCUT2D eigenvalue weighted by Gasteiger charge is -2.12. The number of unbranched alkanes of at least 4 members (excludes halogenated alkanes) is 2. The Balaban J connectivity index is 2.82. The second kappa shape index (κ2) is 9.07. The summed E-state index contributed by atoms with van der Waals surface area (Å²) in [7, 11) is 0. The molecule has 114 valence electrons. The van der Waals surface area contributed by atoms with Crippen LogP contribution in [0.4, 0.5) is 4.79 Å². The summed E-state index contributed by atoms with van der Waals surface area (Å²) in [4.78, 5) is 10.6. The maximum absolute atomic E-state index is 10.6. The lowest BCUT2D eigenvalue weighted by atomic mass is 9.96. The quantitative estimate of drug-likeness (QED) is 0.465. The third-order valence-corrected chi connectivity index (χ3v) is 3.31. The van der Waals surface area contributed by atoms with Gasteiger partial charge in [-0.25, -0.2) is 4.79 Å². The van der Waals surface area contributed by atoms with Crippen LogP contribution in [0.15, 0.2) is 24.3 Å². The van der Waals surface area contributed by atoms with Crippen molar-refractivity contribution in [3.63, 3.8) is 0 Å². The Bertz CT molecular complexity index is 491. The molecule has 0 aromatic heterocycles. The van der Waals surface area contributed by atoms with E-state index in [1.165, 1.54) is 5.56 Å². The standard InChI is InChI=1S/C18H24O3/c1-4-5-6-7-8-17(13-21-18(19)20)16-11-9-15(10-12-16)14(2)3/h9-12,14,17H,4-6,13H2,1-3H3,(H,19,20). The van der Waals surface area contributed by atoms with E-state index in [9.17, 15) is 4.79 Å². The van der Waals surface area contributed by atoms with Gasteiger partial charge < -0.3 is 9.84 Å². The molecule has 0 radical (unpaired) electrons. The first kappa shape index (κ1) is 17.1. The van der Waals surface area contributed by atoms with Crippen LogP contribution in [0.25, 0.3) is 0 Å². The van der Waals surface area contributed by atoms with Gasteiger partial charge in [-0.15, -0.1) is 5.92 Å². The van der Waals surface area contributed by atoms with Crippen LogP contribution in [0, 0.1) is 11.8 Å². The van der Waals surface area contributed by atoms with Crippen molar-refractivity contribution in [2.24, 2.45) is 0 Å². The van der Waals surface area contributed by atoms with Crippen LogP contribution in [-0.4, -0.2) is 17.9 Å². The molecule has 0 heterocycles. The highest BCUT2D eigenvalue weighted by Crippen LogP contribution is 2.20. The zero-order valence-corrected chi connectivity index (χ0v) is 13.1. The Hall–Kier alpha value is -1.95. The van der Waals surface area contributed by atoms with Crippen molar-refractivity contribution in [2.75, 3.05) is 6.61 Å². The predicted octanol–water partition coefficient (Wildman–Crippen LogP) is 4.78. The minimum atomic E-state index is -1.26. The molecule has 1 aromatic carbocycles. The molecule has 3 heteroatoms. The summed E-state index contributed by atoms with van der Waals surface area (Å²) >= 11 is 0. The lowest BCUT2D eigenvalue weighted by molar-refractivity contribution is 0.0900. The normalized spacial score (nSPS) is 11.6. The van der Waals surface area contributed by atoms with Crippen LogP contribution in [0.5, 0.6) is 0 Å². The molecule has 0 aliphatic rings. The SMILES string of the molecule is CCCCC#CC(COC(=O)O)c1ccc(C(C)C)cc1. The van der Waals surface area contributed by atoms with E-state index in [1.807, 2.05) is 12.1 Å². The van der Waals surface area contributed by atoms with E-state index in [1.54, 1.807) is 0 Å². The minimum absolute atomic E-state index is 0.0789. The third kappa shape index (κ3) is 6.35. The van der Waals surface area contributed by atoms with Crippen molar-refractivity contribution in [3.8, 4) is 11.8 Å². The molecule has 0 saturated carbocycles. The lowest BCUT2D eigenvalue weighted by Crippen LogP contribution is -2.10. The van der Waals surface area contributed by atoms with Gasteiger partial charge in [-0.2, -0.15) is 0 Å². The largest absolute Gasteiger partial charge is 0.505 e. The first-order valence-corrected chi connectivity index (χ1v) is 7.48. The number of carboxylic acid groups (broad SMARTS) is 1. The molecule has 1 rings (SSSR count). The predicted molar refractivity (Wildman–Crippen MR) is 84.5 cm³/mol. The zero-order chi connectivity index (χ0) is 15.7. The topological polar surface area (TPSA) is 46.5 Å². The minimum Gasteiger partial charge on any atom is -0.450 e. The Labute approximate surface area is 127 Å². The first-order chi connectivity index (χ1) is 10.0. The van der Waals surface area contributed by atoms with Crippen LogP contribution in [-0.2, 0) is 4.74 Å². The number of carbonyl (C=O) groups is 1. The first-order valence-electron chi connectivity index (χ1n) is 7.48. The van der Waals surface area contributed by atoms with Crippen LogP contribution in [0.3, 0.4) is 0 Å². The Kier molecular flexibility index (Phi) is 7.39. The summed E-state index contributed by atoms with van der Waals surface area (Å²) in [6, 6.07) is 8.17. The highest BCUT2D eigenvalue weighted by atomic mass is 16.7. The van der Waals surface area contributed by atoms with Crippen molar-refractivity contribution in [2.45, 2.75) is 51.9 Å². The van der Waals surface area contributed by atoms with Crippen molar-refractivity contribution in [3.05, 3.63) is 35.4 Å². The molecule has 0 spiro atoms. The highest BCUT2D eigenvalue weighted by Gasteiger charge is 2.12. The van der Waals surface area contributed by atoms with E-state index in [-0.39, 0.29) is 12.5 Å². The molecule has 1 aromatic rings. The highest BCUT2D eigenvalue weighted by molar-refractivity contribution is 5.57. The van der Waals surface area contributed by atoms with Crippen molar-refractivity contribution in [1.29, 1.82) is 0 Å². The van der Waals surface area contributed by atoms with Gasteiger partial charge >= 0.3 is 6.16 Å². The molecule has 1 atom stereocenters. The van der Waals surface area contributed by atoms with E-state index in [2.05, 4.69) is 44.7 Å². The van der Waals surface area contributed by atoms with E-state index < -0.39 is 6.16 Å². The van der Waals surface area contributed by atoms with Crippen molar-refractivity contribution >= 4 is 6.16 Å². The molecular weight excluding hydrogens is 264 g/mol. The molecule has 0 saturated heterocycles. The van der Waals surface area contributed by atoms with Gasteiger partial charge in [-0.1, -0.05) is 57.4 Å². The van der Waals surface area contributed by atoms with E-state index >= 15 is 0 Å². The third-order valence-electron chi connectivity index (χ3n) is 3.31. The molecular formula is C18H24O3. The van der Waals surface area contributed by atoms with Gasteiger partial charge in [0.05, 0.1) is 5.92 Å². The van der Waals surface area contributed by atoms with Crippen LogP contribution in [0.2, 0.25) is 0 Å². The van der Waals surface area contributed by atoms with Gasteiger partial charge in [0.2, 0.25) is 0 Å². The number of hydrogen-bond donors (Lipinski definition) is 1. The molecule has 0 bridgehead atoms. The van der Waals surface area contributed by atoms with Gasteiger partial charge in [-0.3, -0.25) is 0 Å². The van der Waals surface area contributed by atoms with Crippen LogP contribution in [0.1, 0.15) is 63.0 Å². The fourth-order valence-corrected chi connectivity index (χ4v) is 1.95. The molecule has 21 heavy (non-hydrogen) atoms. The van der Waals surface area contributed by atoms with Gasteiger partial charge in [-0.05, 0) is 23.5 Å². The van der Waals surface area contributed by atoms with Gasteiger partial charge in [0, 0.05) is 6.42 Å². The molecule has 0 amide bonds. The monoisotopic (exact) mass is 288 g/mol. The Morgan fingerprint density at radius 1 is 1.24 bits per heavy atom. The maximum atomic E-state index is 10.6. The average Bonchev–Trinajstić information content (AvgIpc) is 2.46. The van der Waals surface area contributed by atoms with Crippen molar-refractivity contribution in [1.82, 2.24) is 0 Å². The van der Waals surface area contributed by atoms with Crippen molar-refractivity contribution < 1.29 is 14.6 Å².